The molecule has 2 aliphatic rings. The summed E-state index contributed by atoms with van der Waals surface area (Å²) in [7, 11) is 0. The van der Waals surface area contributed by atoms with Gasteiger partial charge in [-0.05, 0) is 19.3 Å². The number of carbonyl (C=O) groups is 1. The van der Waals surface area contributed by atoms with Gasteiger partial charge >= 0.3 is 0 Å². The summed E-state index contributed by atoms with van der Waals surface area (Å²) in [6.45, 7) is -0.273. The monoisotopic (exact) mass is 415 g/mol. The van der Waals surface area contributed by atoms with Crippen molar-refractivity contribution in [3.63, 3.8) is 0 Å². The van der Waals surface area contributed by atoms with Gasteiger partial charge in [-0.1, -0.05) is 25.2 Å². The first-order valence-corrected chi connectivity index (χ1v) is 10.2. The van der Waals surface area contributed by atoms with Crippen LogP contribution in [-0.4, -0.2) is 60.1 Å². The lowest BCUT2D eigenvalue weighted by atomic mass is 9.84. The van der Waals surface area contributed by atoms with Crippen LogP contribution in [-0.2, 0) is 4.74 Å². The van der Waals surface area contributed by atoms with Crippen LogP contribution in [0.25, 0.3) is 11.0 Å². The van der Waals surface area contributed by atoms with Crippen LogP contribution in [0, 0.1) is 18.3 Å². The number of aliphatic hydroxyl groups excluding tert-OH is 2. The van der Waals surface area contributed by atoms with Crippen LogP contribution in [0.15, 0.2) is 17.3 Å². The Labute approximate surface area is 172 Å². The summed E-state index contributed by atoms with van der Waals surface area (Å²) < 4.78 is 7.14. The number of fused-ring (bicyclic) bond motifs is 1. The summed E-state index contributed by atoms with van der Waals surface area (Å²) in [6.07, 6.45) is 9.09. The molecular weight excluding hydrogens is 390 g/mol. The van der Waals surface area contributed by atoms with E-state index in [0.717, 1.165) is 32.1 Å². The Bertz CT molecular complexity index is 1050. The molecule has 0 spiro atoms. The Morgan fingerprint density at radius 2 is 2.13 bits per heavy atom. The standard InChI is InChI=1S/C21H25N3O6/c1-2-21(29)17(27)14(8-9-25)30-20(21)24-10-13(15-18(24)22-11-23-19(15)28)16(26)12-6-4-3-5-7-12/h1,10-12,14,17,20,25,27,29H,3-9H2,(H,22,23,28)/t14-,17-,20-,21-/m1/s1. The molecule has 1 aliphatic heterocycles. The third-order valence-electron chi connectivity index (χ3n) is 6.24. The zero-order valence-corrected chi connectivity index (χ0v) is 16.5. The third-order valence-corrected chi connectivity index (χ3v) is 6.24. The van der Waals surface area contributed by atoms with E-state index in [0.29, 0.717) is 0 Å². The van der Waals surface area contributed by atoms with Gasteiger partial charge in [-0.2, -0.15) is 0 Å². The highest BCUT2D eigenvalue weighted by molar-refractivity contribution is 6.08. The number of terminal acetylenes is 1. The third kappa shape index (κ3) is 3.17. The Balaban J connectivity index is 1.84. The first kappa shape index (κ1) is 20.8. The normalized spacial score (nSPS) is 29.9. The van der Waals surface area contributed by atoms with Crippen molar-refractivity contribution in [1.29, 1.82) is 0 Å². The molecule has 4 atom stereocenters. The molecule has 9 nitrogen and oxygen atoms in total. The fourth-order valence-electron chi connectivity index (χ4n) is 4.60. The van der Waals surface area contributed by atoms with Crippen LogP contribution in [0.3, 0.4) is 0 Å². The number of Topliss-reactive ketones (excluding diaryl/α,β-unsaturated/α-hetero) is 1. The summed E-state index contributed by atoms with van der Waals surface area (Å²) in [5.41, 5.74) is -2.27. The molecule has 1 saturated carbocycles. The van der Waals surface area contributed by atoms with Crippen molar-refractivity contribution in [2.45, 2.75) is 62.6 Å². The minimum atomic E-state index is -2.12. The Hall–Kier alpha value is -2.51. The van der Waals surface area contributed by atoms with E-state index in [1.54, 1.807) is 0 Å². The van der Waals surface area contributed by atoms with Gasteiger partial charge in [0.2, 0.25) is 0 Å². The highest BCUT2D eigenvalue weighted by Gasteiger charge is 2.55. The fraction of sp³-hybridized carbons (Fsp3) is 0.571. The van der Waals surface area contributed by atoms with Gasteiger partial charge in [-0.15, -0.1) is 6.42 Å². The minimum Gasteiger partial charge on any atom is -0.396 e. The summed E-state index contributed by atoms with van der Waals surface area (Å²) in [5, 5.41) is 30.9. The van der Waals surface area contributed by atoms with Crippen LogP contribution in [0.5, 0.6) is 0 Å². The van der Waals surface area contributed by atoms with E-state index in [9.17, 15) is 24.9 Å². The first-order chi connectivity index (χ1) is 14.4. The van der Waals surface area contributed by atoms with Crippen molar-refractivity contribution in [2.24, 2.45) is 5.92 Å². The predicted octanol–water partition coefficient (Wildman–Crippen LogP) is 0.493. The molecule has 0 unspecified atom stereocenters. The zero-order chi connectivity index (χ0) is 21.5. The van der Waals surface area contributed by atoms with Gasteiger partial charge in [0.05, 0.1) is 23.4 Å². The molecule has 4 N–H and O–H groups in total. The molecule has 2 aromatic heterocycles. The smallest absolute Gasteiger partial charge is 0.260 e. The quantitative estimate of drug-likeness (QED) is 0.412. The highest BCUT2D eigenvalue weighted by Crippen LogP contribution is 2.41. The van der Waals surface area contributed by atoms with Crippen LogP contribution >= 0.6 is 0 Å². The number of rotatable bonds is 5. The van der Waals surface area contributed by atoms with Gasteiger partial charge in [0.25, 0.3) is 5.56 Å². The largest absolute Gasteiger partial charge is 0.396 e. The van der Waals surface area contributed by atoms with Crippen molar-refractivity contribution in [3.8, 4) is 12.3 Å². The second-order valence-corrected chi connectivity index (χ2v) is 8.03. The molecule has 160 valence electrons. The molecule has 4 rings (SSSR count). The number of hydrogen-bond acceptors (Lipinski definition) is 7. The number of ether oxygens (including phenoxy) is 1. The summed E-state index contributed by atoms with van der Waals surface area (Å²) in [5.74, 6) is 1.86. The number of H-pyrrole nitrogens is 1. The lowest BCUT2D eigenvalue weighted by molar-refractivity contribution is -0.0692. The molecule has 0 radical (unpaired) electrons. The Morgan fingerprint density at radius 1 is 1.40 bits per heavy atom. The highest BCUT2D eigenvalue weighted by atomic mass is 16.6. The van der Waals surface area contributed by atoms with Gasteiger partial charge in [0, 0.05) is 18.7 Å². The number of carbonyl (C=O) groups excluding carboxylic acids is 1. The maximum atomic E-state index is 13.2. The molecule has 0 bridgehead atoms. The van der Waals surface area contributed by atoms with Crippen LogP contribution in [0.2, 0.25) is 0 Å². The van der Waals surface area contributed by atoms with Gasteiger partial charge in [0.1, 0.15) is 11.8 Å². The van der Waals surface area contributed by atoms with Gasteiger partial charge in [-0.25, -0.2) is 4.98 Å². The lowest BCUT2D eigenvalue weighted by Gasteiger charge is -2.26. The van der Waals surface area contributed by atoms with E-state index in [2.05, 4.69) is 15.9 Å². The summed E-state index contributed by atoms with van der Waals surface area (Å²) in [6, 6.07) is 0. The molecule has 2 aromatic rings. The topological polar surface area (TPSA) is 138 Å². The van der Waals surface area contributed by atoms with E-state index in [1.165, 1.54) is 17.1 Å². The molecule has 1 aliphatic carbocycles. The minimum absolute atomic E-state index is 0.0583. The molecule has 3 heterocycles. The average molecular weight is 415 g/mol. The van der Waals surface area contributed by atoms with Crippen LogP contribution in [0.4, 0.5) is 0 Å². The Kier molecular flexibility index (Phi) is 5.51. The van der Waals surface area contributed by atoms with E-state index in [4.69, 9.17) is 11.2 Å². The molecule has 9 heteroatoms. The molecule has 0 amide bonds. The predicted molar refractivity (Wildman–Crippen MR) is 107 cm³/mol. The number of aromatic amines is 1. The number of aromatic nitrogens is 3. The van der Waals surface area contributed by atoms with E-state index in [1.807, 2.05) is 0 Å². The number of hydrogen-bond donors (Lipinski definition) is 4. The van der Waals surface area contributed by atoms with Crippen LogP contribution < -0.4 is 5.56 Å². The van der Waals surface area contributed by atoms with E-state index >= 15 is 0 Å². The number of nitrogens with one attached hydrogen (secondary N) is 1. The average Bonchev–Trinajstić information content (AvgIpc) is 3.26. The fourth-order valence-corrected chi connectivity index (χ4v) is 4.60. The van der Waals surface area contributed by atoms with Crippen molar-refractivity contribution in [2.75, 3.05) is 6.61 Å². The van der Waals surface area contributed by atoms with Crippen molar-refractivity contribution >= 4 is 16.8 Å². The molecule has 2 fully saturated rings. The maximum absolute atomic E-state index is 13.2. The maximum Gasteiger partial charge on any atom is 0.260 e. The zero-order valence-electron chi connectivity index (χ0n) is 16.5. The SMILES string of the molecule is C#C[C@@]1(O)[C@H](O)[C@@H](CCO)O[C@H]1n1cc(C(=O)C2CCCCC2)c2c(=O)[nH]cnc21. The molecular formula is C21H25N3O6. The van der Waals surface area contributed by atoms with Crippen molar-refractivity contribution < 1.29 is 24.9 Å². The number of aliphatic hydroxyl groups is 3. The Morgan fingerprint density at radius 3 is 2.80 bits per heavy atom. The van der Waals surface area contributed by atoms with E-state index in [-0.39, 0.29) is 41.3 Å². The van der Waals surface area contributed by atoms with Crippen molar-refractivity contribution in [1.82, 2.24) is 14.5 Å². The molecule has 0 aromatic carbocycles. The number of nitrogens with zero attached hydrogens (tertiary/aromatic N) is 2. The second kappa shape index (κ2) is 7.96. The summed E-state index contributed by atoms with van der Waals surface area (Å²) in [4.78, 5) is 32.5. The van der Waals surface area contributed by atoms with Gasteiger partial charge in [0.15, 0.2) is 17.6 Å². The molecule has 30 heavy (non-hydrogen) atoms. The first-order valence-electron chi connectivity index (χ1n) is 10.2. The number of ketones is 1. The lowest BCUT2D eigenvalue weighted by Crippen LogP contribution is -2.45. The van der Waals surface area contributed by atoms with Gasteiger partial charge in [-0.3, -0.25) is 9.59 Å². The molecule has 1 saturated heterocycles. The van der Waals surface area contributed by atoms with E-state index < -0.39 is 29.6 Å². The second-order valence-electron chi connectivity index (χ2n) is 8.03. The van der Waals surface area contributed by atoms with Crippen molar-refractivity contribution in [3.05, 3.63) is 28.4 Å². The van der Waals surface area contributed by atoms with Crippen LogP contribution in [0.1, 0.15) is 55.1 Å². The summed E-state index contributed by atoms with van der Waals surface area (Å²) >= 11 is 0. The van der Waals surface area contributed by atoms with Gasteiger partial charge < -0.3 is 29.6 Å².